The molecule has 1 heterocycles. The van der Waals surface area contributed by atoms with E-state index in [-0.39, 0.29) is 10.9 Å². The normalized spacial score (nSPS) is 20.3. The van der Waals surface area contributed by atoms with E-state index in [2.05, 4.69) is 0 Å². The molecule has 1 aromatic carbocycles. The molecule has 0 aromatic heterocycles. The Morgan fingerprint density at radius 3 is 2.57 bits per heavy atom. The summed E-state index contributed by atoms with van der Waals surface area (Å²) in [5.41, 5.74) is 0.670. The van der Waals surface area contributed by atoms with Gasteiger partial charge in [0.1, 0.15) is 0 Å². The Morgan fingerprint density at radius 1 is 1.13 bits per heavy atom. The second-order valence-corrected chi connectivity index (χ2v) is 8.67. The predicted octanol–water partition coefficient (Wildman–Crippen LogP) is 2.91. The van der Waals surface area contributed by atoms with Crippen molar-refractivity contribution in [2.24, 2.45) is 5.92 Å². The molecule has 1 saturated heterocycles. The van der Waals surface area contributed by atoms with Gasteiger partial charge in [0, 0.05) is 31.6 Å². The van der Waals surface area contributed by atoms with Crippen molar-refractivity contribution in [2.45, 2.75) is 37.0 Å². The molecule has 0 bridgehead atoms. The van der Waals surface area contributed by atoms with Crippen LogP contribution in [0.3, 0.4) is 0 Å². The number of anilines is 1. The third-order valence-electron chi connectivity index (χ3n) is 4.86. The quantitative estimate of drug-likeness (QED) is 0.849. The van der Waals surface area contributed by atoms with Crippen molar-refractivity contribution in [3.63, 3.8) is 0 Å². The Bertz CT molecular complexity index is 681. The number of amides is 2. The first-order valence-corrected chi connectivity index (χ1v) is 10.2. The van der Waals surface area contributed by atoms with Gasteiger partial charge >= 0.3 is 6.03 Å². The first kappa shape index (κ1) is 16.3. The summed E-state index contributed by atoms with van der Waals surface area (Å²) in [6, 6.07) is 6.66. The minimum absolute atomic E-state index is 0.00113. The second-order valence-electron chi connectivity index (χ2n) is 6.65. The van der Waals surface area contributed by atoms with Gasteiger partial charge < -0.3 is 4.90 Å². The largest absolute Gasteiger partial charge is 0.324 e. The molecule has 6 heteroatoms. The highest BCUT2D eigenvalue weighted by Crippen LogP contribution is 2.28. The number of sulfone groups is 1. The molecular formula is C17H24N2O3S. The fourth-order valence-electron chi connectivity index (χ4n) is 3.56. The molecule has 23 heavy (non-hydrogen) atoms. The van der Waals surface area contributed by atoms with Crippen LogP contribution in [0.2, 0.25) is 0 Å². The Kier molecular flexibility index (Phi) is 4.62. The zero-order chi connectivity index (χ0) is 16.4. The number of rotatable bonds is 4. The van der Waals surface area contributed by atoms with Gasteiger partial charge in [-0.3, -0.25) is 4.90 Å². The van der Waals surface area contributed by atoms with Crippen molar-refractivity contribution in [3.05, 3.63) is 24.3 Å². The molecular weight excluding hydrogens is 312 g/mol. The molecule has 2 fully saturated rings. The fraction of sp³-hybridized carbons (Fsp3) is 0.588. The van der Waals surface area contributed by atoms with Crippen molar-refractivity contribution >= 4 is 21.6 Å². The molecule has 3 rings (SSSR count). The highest BCUT2D eigenvalue weighted by atomic mass is 32.2. The van der Waals surface area contributed by atoms with Crippen LogP contribution in [0.25, 0.3) is 0 Å². The zero-order valence-corrected chi connectivity index (χ0v) is 14.4. The highest BCUT2D eigenvalue weighted by molar-refractivity contribution is 7.90. The van der Waals surface area contributed by atoms with Gasteiger partial charge in [-0.25, -0.2) is 13.2 Å². The molecule has 1 saturated carbocycles. The summed E-state index contributed by atoms with van der Waals surface area (Å²) in [4.78, 5) is 16.5. The maximum absolute atomic E-state index is 12.6. The van der Waals surface area contributed by atoms with Crippen molar-refractivity contribution in [1.29, 1.82) is 0 Å². The van der Waals surface area contributed by atoms with Gasteiger partial charge in [0.2, 0.25) is 0 Å². The van der Waals surface area contributed by atoms with Gasteiger partial charge in [0.05, 0.1) is 4.90 Å². The smallest absolute Gasteiger partial charge is 0.322 e. The monoisotopic (exact) mass is 336 g/mol. The van der Waals surface area contributed by atoms with Crippen molar-refractivity contribution in [2.75, 3.05) is 30.8 Å². The molecule has 0 unspecified atom stereocenters. The first-order valence-electron chi connectivity index (χ1n) is 8.32. The summed E-state index contributed by atoms with van der Waals surface area (Å²) in [5.74, 6) is 0.620. The molecule has 2 amide bonds. The van der Waals surface area contributed by atoms with Crippen LogP contribution in [0.5, 0.6) is 0 Å². The van der Waals surface area contributed by atoms with Crippen LogP contribution in [0, 0.1) is 5.92 Å². The predicted molar refractivity (Wildman–Crippen MR) is 90.4 cm³/mol. The SMILES string of the molecule is CS(=O)(=O)c1cccc(N2CCN(CC3CCCCC3)C2=O)c1. The van der Waals surface area contributed by atoms with E-state index < -0.39 is 9.84 Å². The Labute approximate surface area is 138 Å². The molecule has 0 spiro atoms. The lowest BCUT2D eigenvalue weighted by atomic mass is 9.89. The zero-order valence-electron chi connectivity index (χ0n) is 13.6. The van der Waals surface area contributed by atoms with Crippen molar-refractivity contribution in [1.82, 2.24) is 4.90 Å². The molecule has 1 aliphatic heterocycles. The molecule has 126 valence electrons. The number of urea groups is 1. The molecule has 1 aromatic rings. The van der Waals surface area contributed by atoms with Crippen LogP contribution in [-0.4, -0.2) is 45.2 Å². The van der Waals surface area contributed by atoms with E-state index in [1.165, 1.54) is 38.4 Å². The third-order valence-corrected chi connectivity index (χ3v) is 5.97. The number of hydrogen-bond acceptors (Lipinski definition) is 3. The summed E-state index contributed by atoms with van der Waals surface area (Å²) in [6.45, 7) is 2.18. The molecule has 0 radical (unpaired) electrons. The van der Waals surface area contributed by atoms with Crippen LogP contribution >= 0.6 is 0 Å². The molecule has 5 nitrogen and oxygen atoms in total. The number of carbonyl (C=O) groups excluding carboxylic acids is 1. The van der Waals surface area contributed by atoms with Crippen LogP contribution in [0.4, 0.5) is 10.5 Å². The summed E-state index contributed by atoms with van der Waals surface area (Å²) in [6.07, 6.45) is 7.47. The van der Waals surface area contributed by atoms with Gasteiger partial charge in [-0.15, -0.1) is 0 Å². The van der Waals surface area contributed by atoms with Crippen LogP contribution < -0.4 is 4.90 Å². The van der Waals surface area contributed by atoms with Crippen LogP contribution in [-0.2, 0) is 9.84 Å². The van der Waals surface area contributed by atoms with Crippen molar-refractivity contribution < 1.29 is 13.2 Å². The maximum Gasteiger partial charge on any atom is 0.324 e. The highest BCUT2D eigenvalue weighted by Gasteiger charge is 2.31. The van der Waals surface area contributed by atoms with E-state index >= 15 is 0 Å². The molecule has 2 aliphatic rings. The summed E-state index contributed by atoms with van der Waals surface area (Å²) in [5, 5.41) is 0. The van der Waals surface area contributed by atoms with Gasteiger partial charge in [-0.2, -0.15) is 0 Å². The lowest BCUT2D eigenvalue weighted by molar-refractivity contribution is 0.202. The fourth-order valence-corrected chi connectivity index (χ4v) is 4.22. The number of hydrogen-bond donors (Lipinski definition) is 0. The van der Waals surface area contributed by atoms with E-state index in [9.17, 15) is 13.2 Å². The van der Waals surface area contributed by atoms with Gasteiger partial charge in [0.25, 0.3) is 0 Å². The summed E-state index contributed by atoms with van der Waals surface area (Å²) >= 11 is 0. The number of benzene rings is 1. The van der Waals surface area contributed by atoms with Gasteiger partial charge in [-0.05, 0) is 37.0 Å². The Balaban J connectivity index is 1.71. The summed E-state index contributed by atoms with van der Waals surface area (Å²) < 4.78 is 23.4. The van der Waals surface area contributed by atoms with Crippen molar-refractivity contribution in [3.8, 4) is 0 Å². The molecule has 1 aliphatic carbocycles. The topological polar surface area (TPSA) is 57.7 Å². The van der Waals surface area contributed by atoms with E-state index in [1.807, 2.05) is 4.90 Å². The van der Waals surface area contributed by atoms with Gasteiger partial charge in [-0.1, -0.05) is 25.3 Å². The summed E-state index contributed by atoms with van der Waals surface area (Å²) in [7, 11) is -3.26. The van der Waals surface area contributed by atoms with Gasteiger partial charge in [0.15, 0.2) is 9.84 Å². The van der Waals surface area contributed by atoms with Crippen LogP contribution in [0.15, 0.2) is 29.2 Å². The van der Waals surface area contributed by atoms with E-state index in [1.54, 1.807) is 29.2 Å². The second kappa shape index (κ2) is 6.51. The Morgan fingerprint density at radius 2 is 1.87 bits per heavy atom. The van der Waals surface area contributed by atoms with E-state index in [0.29, 0.717) is 18.2 Å². The third kappa shape index (κ3) is 3.68. The minimum atomic E-state index is -3.26. The Hall–Kier alpha value is -1.56. The number of nitrogens with zero attached hydrogens (tertiary/aromatic N) is 2. The lowest BCUT2D eigenvalue weighted by Gasteiger charge is -2.27. The molecule has 0 N–H and O–H groups in total. The first-order chi connectivity index (χ1) is 10.9. The maximum atomic E-state index is 12.6. The average Bonchev–Trinajstić information content (AvgIpc) is 2.89. The van der Waals surface area contributed by atoms with Crippen LogP contribution in [0.1, 0.15) is 32.1 Å². The average molecular weight is 336 g/mol. The standard InChI is InChI=1S/C17H24N2O3S/c1-23(21,22)16-9-5-8-15(12-16)19-11-10-18(17(19)20)13-14-6-3-2-4-7-14/h5,8-9,12,14H,2-4,6-7,10-11,13H2,1H3. The number of carbonyl (C=O) groups is 1. The molecule has 0 atom stereocenters. The van der Waals surface area contributed by atoms with E-state index in [4.69, 9.17) is 0 Å². The lowest BCUT2D eigenvalue weighted by Crippen LogP contribution is -2.35. The van der Waals surface area contributed by atoms with E-state index in [0.717, 1.165) is 13.1 Å². The minimum Gasteiger partial charge on any atom is -0.322 e.